The third-order valence-corrected chi connectivity index (χ3v) is 7.97. The first-order valence-corrected chi connectivity index (χ1v) is 12.4. The second kappa shape index (κ2) is 10.5. The maximum Gasteiger partial charge on any atom is 0.251 e. The fourth-order valence-electron chi connectivity index (χ4n) is 4.22. The van der Waals surface area contributed by atoms with Crippen molar-refractivity contribution in [2.24, 2.45) is 0 Å². The van der Waals surface area contributed by atoms with Crippen molar-refractivity contribution in [3.05, 3.63) is 29.8 Å². The molecule has 162 valence electrons. The van der Waals surface area contributed by atoms with Gasteiger partial charge in [-0.25, -0.2) is 8.42 Å². The number of nitrogens with zero attached hydrogens (tertiary/aromatic N) is 1. The molecule has 0 spiro atoms. The van der Waals surface area contributed by atoms with Crippen LogP contribution in [0.5, 0.6) is 0 Å². The Bertz CT molecular complexity index is 775. The molecule has 1 heterocycles. The van der Waals surface area contributed by atoms with Crippen LogP contribution in [0.1, 0.15) is 75.1 Å². The van der Waals surface area contributed by atoms with Gasteiger partial charge in [-0.1, -0.05) is 31.7 Å². The predicted octanol–water partition coefficient (Wildman–Crippen LogP) is 3.72. The molecule has 1 saturated carbocycles. The number of nitrogens with one attached hydrogen (secondary N) is 1. The zero-order valence-corrected chi connectivity index (χ0v) is 18.3. The van der Waals surface area contributed by atoms with E-state index in [1.165, 1.54) is 25.3 Å². The Morgan fingerprint density at radius 3 is 2.66 bits per heavy atom. The van der Waals surface area contributed by atoms with Gasteiger partial charge in [-0.2, -0.15) is 4.31 Å². The van der Waals surface area contributed by atoms with E-state index in [-0.39, 0.29) is 16.8 Å². The smallest absolute Gasteiger partial charge is 0.251 e. The van der Waals surface area contributed by atoms with Gasteiger partial charge in [0.05, 0.1) is 11.0 Å². The third kappa shape index (κ3) is 6.03. The minimum Gasteiger partial charge on any atom is -0.378 e. The Morgan fingerprint density at radius 2 is 1.90 bits per heavy atom. The van der Waals surface area contributed by atoms with Gasteiger partial charge in [0.15, 0.2) is 0 Å². The van der Waals surface area contributed by atoms with Crippen LogP contribution in [0.3, 0.4) is 0 Å². The molecule has 0 aromatic heterocycles. The van der Waals surface area contributed by atoms with Gasteiger partial charge in [0.25, 0.3) is 5.91 Å². The molecule has 1 N–H and O–H groups in total. The molecule has 1 aromatic carbocycles. The quantitative estimate of drug-likeness (QED) is 0.648. The van der Waals surface area contributed by atoms with Crippen molar-refractivity contribution >= 4 is 15.9 Å². The Hall–Kier alpha value is -1.44. The van der Waals surface area contributed by atoms with Crippen LogP contribution >= 0.6 is 0 Å². The lowest BCUT2D eigenvalue weighted by molar-refractivity contribution is 0.0273. The first-order chi connectivity index (χ1) is 14.0. The Labute approximate surface area is 175 Å². The summed E-state index contributed by atoms with van der Waals surface area (Å²) in [5, 5.41) is 2.88. The molecule has 29 heavy (non-hydrogen) atoms. The second-order valence-corrected chi connectivity index (χ2v) is 10.1. The Kier molecular flexibility index (Phi) is 8.09. The van der Waals surface area contributed by atoms with Gasteiger partial charge >= 0.3 is 0 Å². The van der Waals surface area contributed by atoms with Crippen LogP contribution < -0.4 is 5.32 Å². The van der Waals surface area contributed by atoms with Crippen LogP contribution in [-0.2, 0) is 14.8 Å². The summed E-state index contributed by atoms with van der Waals surface area (Å²) in [5.41, 5.74) is 0.379. The average Bonchev–Trinajstić information content (AvgIpc) is 2.74. The van der Waals surface area contributed by atoms with E-state index in [4.69, 9.17) is 4.74 Å². The summed E-state index contributed by atoms with van der Waals surface area (Å²) in [6.45, 7) is 3.65. The molecule has 2 fully saturated rings. The number of benzene rings is 1. The minimum atomic E-state index is -3.58. The van der Waals surface area contributed by atoms with Crippen molar-refractivity contribution in [1.29, 1.82) is 0 Å². The molecule has 1 saturated heterocycles. The third-order valence-electron chi connectivity index (χ3n) is 5.96. The zero-order chi connectivity index (χ0) is 20.7. The predicted molar refractivity (Wildman–Crippen MR) is 113 cm³/mol. The van der Waals surface area contributed by atoms with E-state index in [2.05, 4.69) is 5.32 Å². The van der Waals surface area contributed by atoms with Crippen molar-refractivity contribution in [3.8, 4) is 0 Å². The number of carbonyl (C=O) groups is 1. The number of sulfonamides is 1. The van der Waals surface area contributed by atoms with Crippen molar-refractivity contribution in [2.45, 2.75) is 81.8 Å². The standard InChI is InChI=1S/C22H34N2O4S/c1-18-9-5-6-15-24(18)29(26,27)21-13-7-10-19(17-21)22(25)23-14-8-16-28-20-11-3-2-4-12-20/h7,10,13,17-18,20H,2-6,8-9,11-12,14-16H2,1H3,(H,23,25)/t18-/m0/s1. The van der Waals surface area contributed by atoms with E-state index in [1.807, 2.05) is 6.92 Å². The molecule has 1 amide bonds. The highest BCUT2D eigenvalue weighted by atomic mass is 32.2. The topological polar surface area (TPSA) is 75.7 Å². The molecule has 7 heteroatoms. The summed E-state index contributed by atoms with van der Waals surface area (Å²) in [7, 11) is -3.58. The lowest BCUT2D eigenvalue weighted by Crippen LogP contribution is -2.42. The van der Waals surface area contributed by atoms with E-state index in [9.17, 15) is 13.2 Å². The average molecular weight is 423 g/mol. The lowest BCUT2D eigenvalue weighted by atomic mass is 9.98. The van der Waals surface area contributed by atoms with Gasteiger partial charge in [0.2, 0.25) is 10.0 Å². The Morgan fingerprint density at radius 1 is 1.14 bits per heavy atom. The van der Waals surface area contributed by atoms with Gasteiger partial charge in [-0.15, -0.1) is 0 Å². The molecule has 1 atom stereocenters. The summed E-state index contributed by atoms with van der Waals surface area (Å²) < 4.78 is 33.4. The van der Waals surface area contributed by atoms with Crippen LogP contribution in [0.4, 0.5) is 0 Å². The Balaban J connectivity index is 1.51. The fraction of sp³-hybridized carbons (Fsp3) is 0.682. The van der Waals surface area contributed by atoms with E-state index in [0.717, 1.165) is 38.5 Å². The highest BCUT2D eigenvalue weighted by molar-refractivity contribution is 7.89. The minimum absolute atomic E-state index is 0.00426. The first-order valence-electron chi connectivity index (χ1n) is 11.0. The number of carbonyl (C=O) groups excluding carboxylic acids is 1. The molecular weight excluding hydrogens is 388 g/mol. The summed E-state index contributed by atoms with van der Waals surface area (Å²) >= 11 is 0. The molecule has 2 aliphatic rings. The van der Waals surface area contributed by atoms with Crippen LogP contribution in [0.15, 0.2) is 29.2 Å². The molecule has 1 aliphatic heterocycles. The van der Waals surface area contributed by atoms with Gasteiger partial charge in [-0.05, 0) is 57.2 Å². The number of amides is 1. The van der Waals surface area contributed by atoms with Crippen LogP contribution in [0.2, 0.25) is 0 Å². The van der Waals surface area contributed by atoms with Gasteiger partial charge in [0, 0.05) is 31.3 Å². The molecule has 1 aromatic rings. The van der Waals surface area contributed by atoms with Gasteiger partial charge < -0.3 is 10.1 Å². The number of ether oxygens (including phenoxy) is 1. The number of hydrogen-bond donors (Lipinski definition) is 1. The maximum atomic E-state index is 13.0. The van der Waals surface area contributed by atoms with E-state index >= 15 is 0 Å². The van der Waals surface area contributed by atoms with Crippen LogP contribution in [0.25, 0.3) is 0 Å². The second-order valence-electron chi connectivity index (χ2n) is 8.23. The summed E-state index contributed by atoms with van der Waals surface area (Å²) in [6.07, 6.45) is 10.0. The monoisotopic (exact) mass is 422 g/mol. The zero-order valence-electron chi connectivity index (χ0n) is 17.4. The van der Waals surface area contributed by atoms with Gasteiger partial charge in [-0.3, -0.25) is 4.79 Å². The summed E-state index contributed by atoms with van der Waals surface area (Å²) in [6, 6.07) is 6.36. The number of hydrogen-bond acceptors (Lipinski definition) is 4. The molecule has 6 nitrogen and oxygen atoms in total. The highest BCUT2D eigenvalue weighted by Crippen LogP contribution is 2.25. The summed E-state index contributed by atoms with van der Waals surface area (Å²) in [5.74, 6) is -0.244. The van der Waals surface area contributed by atoms with Crippen molar-refractivity contribution in [3.63, 3.8) is 0 Å². The SMILES string of the molecule is C[C@H]1CCCCN1S(=O)(=O)c1cccc(C(=O)NCCCOC2CCCCC2)c1. The maximum absolute atomic E-state index is 13.0. The summed E-state index contributed by atoms with van der Waals surface area (Å²) in [4.78, 5) is 12.7. The molecule has 1 aliphatic carbocycles. The van der Waals surface area contributed by atoms with Crippen molar-refractivity contribution in [1.82, 2.24) is 9.62 Å². The molecule has 0 radical (unpaired) electrons. The molecule has 0 bridgehead atoms. The lowest BCUT2D eigenvalue weighted by Gasteiger charge is -2.32. The normalized spacial score (nSPS) is 21.8. The molecule has 3 rings (SSSR count). The van der Waals surface area contributed by atoms with E-state index in [0.29, 0.717) is 31.4 Å². The fourth-order valence-corrected chi connectivity index (χ4v) is 5.97. The molecular formula is C22H34N2O4S. The first kappa shape index (κ1) is 22.2. The molecule has 0 unspecified atom stereocenters. The van der Waals surface area contributed by atoms with Crippen LogP contribution in [-0.4, -0.2) is 50.5 Å². The highest BCUT2D eigenvalue weighted by Gasteiger charge is 2.31. The van der Waals surface area contributed by atoms with E-state index < -0.39 is 10.0 Å². The van der Waals surface area contributed by atoms with E-state index in [1.54, 1.807) is 22.5 Å². The number of piperidine rings is 1. The van der Waals surface area contributed by atoms with Crippen molar-refractivity contribution < 1.29 is 17.9 Å². The largest absolute Gasteiger partial charge is 0.378 e. The van der Waals surface area contributed by atoms with Crippen molar-refractivity contribution in [2.75, 3.05) is 19.7 Å². The van der Waals surface area contributed by atoms with Gasteiger partial charge in [0.1, 0.15) is 0 Å². The number of rotatable bonds is 8. The van der Waals surface area contributed by atoms with Crippen LogP contribution in [0, 0.1) is 0 Å².